The third-order valence-electron chi connectivity index (χ3n) is 3.72. The SMILES string of the molecule is CCN(C(=O)NCCOc1ccccc1Cl)C1CCS(=O)(=O)C1. The lowest BCUT2D eigenvalue weighted by molar-refractivity contribution is 0.181. The van der Waals surface area contributed by atoms with Crippen LogP contribution < -0.4 is 10.1 Å². The maximum atomic E-state index is 12.2. The summed E-state index contributed by atoms with van der Waals surface area (Å²) in [4.78, 5) is 13.8. The first kappa shape index (κ1) is 17.9. The van der Waals surface area contributed by atoms with Gasteiger partial charge in [0.2, 0.25) is 0 Å². The summed E-state index contributed by atoms with van der Waals surface area (Å²) in [6.07, 6.45) is 0.500. The number of sulfone groups is 1. The van der Waals surface area contributed by atoms with E-state index >= 15 is 0 Å². The van der Waals surface area contributed by atoms with Crippen LogP contribution in [0.5, 0.6) is 5.75 Å². The first-order valence-electron chi connectivity index (χ1n) is 7.55. The van der Waals surface area contributed by atoms with Gasteiger partial charge in [0.25, 0.3) is 0 Å². The summed E-state index contributed by atoms with van der Waals surface area (Å²) in [5, 5.41) is 3.27. The molecule has 0 saturated carbocycles. The average molecular weight is 361 g/mol. The van der Waals surface area contributed by atoms with Gasteiger partial charge in [0.05, 0.1) is 23.1 Å². The fourth-order valence-electron chi connectivity index (χ4n) is 2.57. The molecule has 0 bridgehead atoms. The highest BCUT2D eigenvalue weighted by atomic mass is 35.5. The zero-order chi connectivity index (χ0) is 16.9. The van der Waals surface area contributed by atoms with E-state index in [0.29, 0.717) is 30.3 Å². The van der Waals surface area contributed by atoms with Crippen molar-refractivity contribution in [2.24, 2.45) is 0 Å². The van der Waals surface area contributed by atoms with E-state index < -0.39 is 9.84 Å². The monoisotopic (exact) mass is 360 g/mol. The second-order valence-electron chi connectivity index (χ2n) is 5.35. The quantitative estimate of drug-likeness (QED) is 0.786. The van der Waals surface area contributed by atoms with E-state index in [-0.39, 0.29) is 30.2 Å². The van der Waals surface area contributed by atoms with Gasteiger partial charge in [-0.15, -0.1) is 0 Å². The standard InChI is InChI=1S/C15H21ClN2O4S/c1-2-18(12-7-10-23(20,21)11-12)15(19)17-8-9-22-14-6-4-3-5-13(14)16/h3-6,12H,2,7-11H2,1H3,(H,17,19). The molecule has 8 heteroatoms. The van der Waals surface area contributed by atoms with Crippen molar-refractivity contribution >= 4 is 27.5 Å². The molecule has 0 aliphatic carbocycles. The predicted molar refractivity (Wildman–Crippen MR) is 89.8 cm³/mol. The van der Waals surface area contributed by atoms with Crippen LogP contribution in [-0.4, -0.2) is 56.6 Å². The number of carbonyl (C=O) groups is 1. The van der Waals surface area contributed by atoms with Crippen molar-refractivity contribution in [1.82, 2.24) is 10.2 Å². The Balaban J connectivity index is 1.78. The molecule has 1 fully saturated rings. The number of rotatable bonds is 6. The lowest BCUT2D eigenvalue weighted by Crippen LogP contribution is -2.47. The normalized spacial score (nSPS) is 19.3. The van der Waals surface area contributed by atoms with E-state index in [1.807, 2.05) is 19.1 Å². The fraction of sp³-hybridized carbons (Fsp3) is 0.533. The van der Waals surface area contributed by atoms with Crippen LogP contribution in [0.1, 0.15) is 13.3 Å². The van der Waals surface area contributed by atoms with Crippen molar-refractivity contribution in [3.05, 3.63) is 29.3 Å². The smallest absolute Gasteiger partial charge is 0.317 e. The number of benzene rings is 1. The topological polar surface area (TPSA) is 75.7 Å². The van der Waals surface area contributed by atoms with Gasteiger partial charge in [0.15, 0.2) is 9.84 Å². The van der Waals surface area contributed by atoms with Crippen molar-refractivity contribution in [1.29, 1.82) is 0 Å². The molecule has 1 aliphatic rings. The Kier molecular flexibility index (Phi) is 6.12. The van der Waals surface area contributed by atoms with Crippen LogP contribution in [0.25, 0.3) is 0 Å². The highest BCUT2D eigenvalue weighted by Crippen LogP contribution is 2.22. The molecule has 23 heavy (non-hydrogen) atoms. The summed E-state index contributed by atoms with van der Waals surface area (Å²) in [6, 6.07) is 6.61. The molecule has 2 rings (SSSR count). The summed E-state index contributed by atoms with van der Waals surface area (Å²) >= 11 is 5.97. The van der Waals surface area contributed by atoms with Gasteiger partial charge in [-0.2, -0.15) is 0 Å². The van der Waals surface area contributed by atoms with Crippen LogP contribution in [0, 0.1) is 0 Å². The molecule has 0 radical (unpaired) electrons. The molecule has 2 amide bonds. The summed E-state index contributed by atoms with van der Waals surface area (Å²) in [5.41, 5.74) is 0. The summed E-state index contributed by atoms with van der Waals surface area (Å²) in [5.74, 6) is 0.763. The van der Waals surface area contributed by atoms with Gasteiger partial charge >= 0.3 is 6.03 Å². The molecule has 1 saturated heterocycles. The maximum absolute atomic E-state index is 12.2. The minimum absolute atomic E-state index is 0.0460. The molecular weight excluding hydrogens is 340 g/mol. The van der Waals surface area contributed by atoms with E-state index in [1.54, 1.807) is 17.0 Å². The number of hydrogen-bond acceptors (Lipinski definition) is 4. The number of para-hydroxylation sites is 1. The van der Waals surface area contributed by atoms with Gasteiger partial charge in [-0.25, -0.2) is 13.2 Å². The number of halogens is 1. The van der Waals surface area contributed by atoms with Crippen LogP contribution in [0.15, 0.2) is 24.3 Å². The average Bonchev–Trinajstić information content (AvgIpc) is 2.86. The van der Waals surface area contributed by atoms with Crippen molar-refractivity contribution in [3.8, 4) is 5.75 Å². The molecular formula is C15H21ClN2O4S. The van der Waals surface area contributed by atoms with Gasteiger partial charge < -0.3 is 15.0 Å². The number of amides is 2. The number of carbonyl (C=O) groups excluding carboxylic acids is 1. The van der Waals surface area contributed by atoms with E-state index in [0.717, 1.165) is 0 Å². The Morgan fingerprint density at radius 1 is 1.43 bits per heavy atom. The van der Waals surface area contributed by atoms with Crippen LogP contribution in [0.2, 0.25) is 5.02 Å². The third-order valence-corrected chi connectivity index (χ3v) is 5.79. The Bertz CT molecular complexity index is 651. The van der Waals surface area contributed by atoms with Crippen molar-refractivity contribution in [2.75, 3.05) is 31.2 Å². The van der Waals surface area contributed by atoms with Gasteiger partial charge in [-0.05, 0) is 25.5 Å². The molecule has 0 aromatic heterocycles. The second kappa shape index (κ2) is 7.88. The summed E-state index contributed by atoms with van der Waals surface area (Å²) < 4.78 is 28.6. The van der Waals surface area contributed by atoms with Gasteiger partial charge in [0.1, 0.15) is 12.4 Å². The Labute approximate surface area is 141 Å². The Morgan fingerprint density at radius 3 is 2.78 bits per heavy atom. The van der Waals surface area contributed by atoms with Crippen molar-refractivity contribution in [2.45, 2.75) is 19.4 Å². The zero-order valence-electron chi connectivity index (χ0n) is 13.0. The zero-order valence-corrected chi connectivity index (χ0v) is 14.6. The Morgan fingerprint density at radius 2 is 2.17 bits per heavy atom. The number of nitrogens with zero attached hydrogens (tertiary/aromatic N) is 1. The molecule has 0 spiro atoms. The van der Waals surface area contributed by atoms with E-state index in [4.69, 9.17) is 16.3 Å². The van der Waals surface area contributed by atoms with Crippen molar-refractivity contribution < 1.29 is 17.9 Å². The Hall–Kier alpha value is -1.47. The lowest BCUT2D eigenvalue weighted by atomic mass is 10.2. The third kappa shape index (κ3) is 5.00. The fourth-order valence-corrected chi connectivity index (χ4v) is 4.49. The number of hydrogen-bond donors (Lipinski definition) is 1. The van der Waals surface area contributed by atoms with Crippen LogP contribution in [-0.2, 0) is 9.84 Å². The molecule has 1 aliphatic heterocycles. The number of ether oxygens (including phenoxy) is 1. The highest BCUT2D eigenvalue weighted by Gasteiger charge is 2.33. The molecule has 1 unspecified atom stereocenters. The number of nitrogens with one attached hydrogen (secondary N) is 1. The second-order valence-corrected chi connectivity index (χ2v) is 7.99. The molecule has 1 aromatic rings. The molecule has 1 heterocycles. The maximum Gasteiger partial charge on any atom is 0.317 e. The molecule has 1 atom stereocenters. The van der Waals surface area contributed by atoms with Crippen molar-refractivity contribution in [3.63, 3.8) is 0 Å². The summed E-state index contributed by atoms with van der Waals surface area (Å²) in [6.45, 7) is 2.91. The molecule has 6 nitrogen and oxygen atoms in total. The largest absolute Gasteiger partial charge is 0.490 e. The first-order chi connectivity index (χ1) is 10.9. The van der Waals surface area contributed by atoms with E-state index in [2.05, 4.69) is 5.32 Å². The molecule has 1 N–H and O–H groups in total. The van der Waals surface area contributed by atoms with Crippen LogP contribution in [0.3, 0.4) is 0 Å². The first-order valence-corrected chi connectivity index (χ1v) is 9.75. The predicted octanol–water partition coefficient (Wildman–Crippen LogP) is 1.94. The lowest BCUT2D eigenvalue weighted by Gasteiger charge is -2.27. The highest BCUT2D eigenvalue weighted by molar-refractivity contribution is 7.91. The van der Waals surface area contributed by atoms with E-state index in [1.165, 1.54) is 0 Å². The molecule has 128 valence electrons. The van der Waals surface area contributed by atoms with Gasteiger partial charge in [0, 0.05) is 12.6 Å². The summed E-state index contributed by atoms with van der Waals surface area (Å²) in [7, 11) is -3.01. The minimum atomic E-state index is -3.01. The molecule has 1 aromatic carbocycles. The number of urea groups is 1. The van der Waals surface area contributed by atoms with Gasteiger partial charge in [-0.1, -0.05) is 23.7 Å². The van der Waals surface area contributed by atoms with E-state index in [9.17, 15) is 13.2 Å². The van der Waals surface area contributed by atoms with Gasteiger partial charge in [-0.3, -0.25) is 0 Å². The minimum Gasteiger partial charge on any atom is -0.490 e. The van der Waals surface area contributed by atoms with Crippen LogP contribution >= 0.6 is 11.6 Å². The van der Waals surface area contributed by atoms with Crippen LogP contribution in [0.4, 0.5) is 4.79 Å².